The molecule has 2 aliphatic rings. The van der Waals surface area contributed by atoms with E-state index in [0.29, 0.717) is 44.3 Å². The molecule has 0 amide bonds. The smallest absolute Gasteiger partial charge is 0.165 e. The molecule has 1 saturated carbocycles. The lowest BCUT2D eigenvalue weighted by Crippen LogP contribution is -2.23. The van der Waals surface area contributed by atoms with E-state index >= 15 is 0 Å². The van der Waals surface area contributed by atoms with E-state index in [1.54, 1.807) is 12.3 Å². The molecule has 7 nitrogen and oxygen atoms in total. The Bertz CT molecular complexity index is 1100. The van der Waals surface area contributed by atoms with Gasteiger partial charge in [0.2, 0.25) is 0 Å². The molecule has 0 bridgehead atoms. The zero-order chi connectivity index (χ0) is 20.3. The van der Waals surface area contributed by atoms with E-state index in [2.05, 4.69) is 14.9 Å². The molecule has 9 heteroatoms. The lowest BCUT2D eigenvalue weighted by molar-refractivity contribution is 0.395. The van der Waals surface area contributed by atoms with E-state index in [9.17, 15) is 0 Å². The van der Waals surface area contributed by atoms with Crippen molar-refractivity contribution >= 4 is 45.7 Å². The highest BCUT2D eigenvalue weighted by molar-refractivity contribution is 6.41. The number of rotatable bonds is 4. The van der Waals surface area contributed by atoms with Crippen LogP contribution in [0, 0.1) is 11.8 Å². The first kappa shape index (κ1) is 18.5. The van der Waals surface area contributed by atoms with Crippen molar-refractivity contribution in [3.8, 4) is 22.9 Å². The average Bonchev–Trinajstić information content (AvgIpc) is 3.33. The number of pyridine rings is 1. The summed E-state index contributed by atoms with van der Waals surface area (Å²) in [6.45, 7) is 1.95. The summed E-state index contributed by atoms with van der Waals surface area (Å²) < 4.78 is 10.8. The quantitative estimate of drug-likeness (QED) is 0.666. The van der Waals surface area contributed by atoms with Crippen LogP contribution in [0.3, 0.4) is 0 Å². The Kier molecular flexibility index (Phi) is 4.33. The molecular formula is C20H19Cl2N5O2. The summed E-state index contributed by atoms with van der Waals surface area (Å²) in [5.41, 5.74) is 7.08. The normalized spacial score (nSPS) is 20.1. The van der Waals surface area contributed by atoms with Crippen LogP contribution in [-0.2, 0) is 0 Å². The van der Waals surface area contributed by atoms with Crippen LogP contribution >= 0.6 is 23.2 Å². The van der Waals surface area contributed by atoms with Gasteiger partial charge < -0.3 is 20.1 Å². The number of nitrogens with two attached hydrogens (primary N) is 1. The number of hydrogen-bond acceptors (Lipinski definition) is 7. The molecular weight excluding hydrogens is 413 g/mol. The molecule has 1 aliphatic carbocycles. The zero-order valence-corrected chi connectivity index (χ0v) is 17.5. The number of nitrogens with zero attached hydrogens (tertiary/aromatic N) is 4. The first-order chi connectivity index (χ1) is 14.0. The van der Waals surface area contributed by atoms with Crippen LogP contribution in [0.15, 0.2) is 18.3 Å². The van der Waals surface area contributed by atoms with Gasteiger partial charge in [-0.25, -0.2) is 15.0 Å². The molecule has 5 rings (SSSR count). The molecule has 2 atom stereocenters. The Labute approximate surface area is 177 Å². The van der Waals surface area contributed by atoms with Crippen molar-refractivity contribution in [2.75, 3.05) is 37.9 Å². The van der Waals surface area contributed by atoms with Crippen LogP contribution in [0.25, 0.3) is 22.3 Å². The molecule has 2 N–H and O–H groups in total. The van der Waals surface area contributed by atoms with Crippen molar-refractivity contribution in [3.63, 3.8) is 0 Å². The largest absolute Gasteiger partial charge is 0.495 e. The lowest BCUT2D eigenvalue weighted by Gasteiger charge is -2.22. The monoisotopic (exact) mass is 431 g/mol. The number of piperidine rings is 1. The SMILES string of the molecule is COc1cc(OC)c(Cl)c(-c2nc(N3CC4CC4C3)c3cc(N)ncc3n2)c1Cl. The minimum Gasteiger partial charge on any atom is -0.495 e. The maximum atomic E-state index is 6.60. The summed E-state index contributed by atoms with van der Waals surface area (Å²) in [6, 6.07) is 3.46. The number of methoxy groups -OCH3 is 2. The number of ether oxygens (including phenoxy) is 2. The molecule has 1 saturated heterocycles. The number of hydrogen-bond donors (Lipinski definition) is 1. The van der Waals surface area contributed by atoms with Gasteiger partial charge in [0.05, 0.1) is 41.5 Å². The standard InChI is InChI=1S/C20H19Cl2N5O2/c1-28-13-5-14(29-2)18(22)16(17(13)21)19-25-12-6-24-15(23)4-11(12)20(26-19)27-7-9-3-10(9)8-27/h4-6,9-10H,3,7-8H2,1-2H3,(H2,23,24). The van der Waals surface area contributed by atoms with Crippen molar-refractivity contribution in [2.45, 2.75) is 6.42 Å². The summed E-state index contributed by atoms with van der Waals surface area (Å²) in [5, 5.41) is 1.53. The van der Waals surface area contributed by atoms with Gasteiger partial charge in [0.25, 0.3) is 0 Å². The molecule has 2 aromatic heterocycles. The van der Waals surface area contributed by atoms with Gasteiger partial charge in [-0.15, -0.1) is 0 Å². The minimum absolute atomic E-state index is 0.330. The maximum Gasteiger partial charge on any atom is 0.165 e. The molecule has 1 aliphatic heterocycles. The van der Waals surface area contributed by atoms with Crippen molar-refractivity contribution in [3.05, 3.63) is 28.4 Å². The van der Waals surface area contributed by atoms with E-state index in [1.807, 2.05) is 6.07 Å². The van der Waals surface area contributed by atoms with Gasteiger partial charge in [-0.1, -0.05) is 23.2 Å². The molecule has 1 aromatic carbocycles. The van der Waals surface area contributed by atoms with Crippen LogP contribution in [-0.4, -0.2) is 42.3 Å². The number of nitrogen functional groups attached to an aromatic ring is 1. The van der Waals surface area contributed by atoms with Crippen LogP contribution in [0.5, 0.6) is 11.5 Å². The fourth-order valence-corrected chi connectivity index (χ4v) is 4.71. The van der Waals surface area contributed by atoms with E-state index < -0.39 is 0 Å². The van der Waals surface area contributed by atoms with Gasteiger partial charge in [-0.3, -0.25) is 0 Å². The van der Waals surface area contributed by atoms with Crippen molar-refractivity contribution < 1.29 is 9.47 Å². The van der Waals surface area contributed by atoms with Crippen LogP contribution in [0.1, 0.15) is 6.42 Å². The maximum absolute atomic E-state index is 6.60. The van der Waals surface area contributed by atoms with Crippen LogP contribution in [0.4, 0.5) is 11.6 Å². The van der Waals surface area contributed by atoms with Gasteiger partial charge in [-0.05, 0) is 24.3 Å². The molecule has 3 heterocycles. The highest BCUT2D eigenvalue weighted by Crippen LogP contribution is 2.48. The number of halogens is 2. The molecule has 2 unspecified atom stereocenters. The van der Waals surface area contributed by atoms with Crippen molar-refractivity contribution in [1.82, 2.24) is 15.0 Å². The molecule has 3 aromatic rings. The lowest BCUT2D eigenvalue weighted by atomic mass is 10.1. The molecule has 29 heavy (non-hydrogen) atoms. The highest BCUT2D eigenvalue weighted by atomic mass is 35.5. The summed E-state index contributed by atoms with van der Waals surface area (Å²) in [7, 11) is 3.07. The van der Waals surface area contributed by atoms with E-state index in [4.69, 9.17) is 43.4 Å². The molecule has 150 valence electrons. The Morgan fingerprint density at radius 1 is 1.03 bits per heavy atom. The zero-order valence-electron chi connectivity index (χ0n) is 15.9. The first-order valence-corrected chi connectivity index (χ1v) is 10.0. The van der Waals surface area contributed by atoms with Gasteiger partial charge in [0.15, 0.2) is 5.82 Å². The first-order valence-electron chi connectivity index (χ1n) is 9.28. The van der Waals surface area contributed by atoms with Gasteiger partial charge in [0.1, 0.15) is 23.1 Å². The van der Waals surface area contributed by atoms with E-state index in [1.165, 1.54) is 20.6 Å². The topological polar surface area (TPSA) is 86.4 Å². The third-order valence-electron chi connectivity index (χ3n) is 5.66. The van der Waals surface area contributed by atoms with Gasteiger partial charge >= 0.3 is 0 Å². The molecule has 0 spiro atoms. The van der Waals surface area contributed by atoms with Gasteiger partial charge in [-0.2, -0.15) is 0 Å². The summed E-state index contributed by atoms with van der Waals surface area (Å²) >= 11 is 13.2. The van der Waals surface area contributed by atoms with Crippen LogP contribution < -0.4 is 20.1 Å². The number of benzene rings is 1. The fourth-order valence-electron chi connectivity index (χ4n) is 4.04. The van der Waals surface area contributed by atoms with E-state index in [0.717, 1.165) is 36.1 Å². The number of fused-ring (bicyclic) bond motifs is 2. The van der Waals surface area contributed by atoms with Gasteiger partial charge in [0, 0.05) is 24.5 Å². The number of anilines is 2. The highest BCUT2D eigenvalue weighted by Gasteiger charge is 2.46. The Morgan fingerprint density at radius 2 is 1.69 bits per heavy atom. The second-order valence-corrected chi connectivity index (χ2v) is 8.20. The Balaban J connectivity index is 1.75. The van der Waals surface area contributed by atoms with E-state index in [-0.39, 0.29) is 0 Å². The summed E-state index contributed by atoms with van der Waals surface area (Å²) in [6.07, 6.45) is 2.94. The summed E-state index contributed by atoms with van der Waals surface area (Å²) in [4.78, 5) is 16.0. The van der Waals surface area contributed by atoms with Crippen molar-refractivity contribution in [2.24, 2.45) is 11.8 Å². The third kappa shape index (κ3) is 3.00. The summed E-state index contributed by atoms with van der Waals surface area (Å²) in [5.74, 6) is 4.00. The average molecular weight is 432 g/mol. The fraction of sp³-hybridized carbons (Fsp3) is 0.350. The predicted molar refractivity (Wildman–Crippen MR) is 114 cm³/mol. The minimum atomic E-state index is 0.330. The Hall–Kier alpha value is -2.51. The predicted octanol–water partition coefficient (Wildman–Crippen LogP) is 4.05. The second kappa shape index (κ2) is 6.78. The second-order valence-electron chi connectivity index (χ2n) is 7.44. The Morgan fingerprint density at radius 3 is 2.31 bits per heavy atom. The number of aromatic nitrogens is 3. The molecule has 0 radical (unpaired) electrons. The van der Waals surface area contributed by atoms with Crippen molar-refractivity contribution in [1.29, 1.82) is 0 Å². The van der Waals surface area contributed by atoms with Crippen LogP contribution in [0.2, 0.25) is 10.0 Å². The third-order valence-corrected chi connectivity index (χ3v) is 6.41. The molecule has 2 fully saturated rings.